The van der Waals surface area contributed by atoms with Gasteiger partial charge in [-0.3, -0.25) is 19.2 Å². The van der Waals surface area contributed by atoms with Crippen molar-refractivity contribution in [1.29, 1.82) is 0 Å². The minimum Gasteiger partial charge on any atom is -0.444 e. The van der Waals surface area contributed by atoms with Crippen LogP contribution in [-0.4, -0.2) is 79.8 Å². The number of benzene rings is 1. The zero-order chi connectivity index (χ0) is 30.4. The smallest absolute Gasteiger partial charge is 0.414 e. The molecule has 12 nitrogen and oxygen atoms in total. The van der Waals surface area contributed by atoms with Crippen LogP contribution in [-0.2, 0) is 30.8 Å². The normalized spacial score (nSPS) is 30.0. The third kappa shape index (κ3) is 6.09. The van der Waals surface area contributed by atoms with Gasteiger partial charge in [0.2, 0.25) is 15.9 Å². The summed E-state index contributed by atoms with van der Waals surface area (Å²) in [6.07, 6.45) is 7.92. The van der Waals surface area contributed by atoms with Crippen molar-refractivity contribution >= 4 is 39.6 Å². The van der Waals surface area contributed by atoms with Gasteiger partial charge in [-0.15, -0.1) is 0 Å². The lowest BCUT2D eigenvalue weighted by Gasteiger charge is -2.26. The summed E-state index contributed by atoms with van der Waals surface area (Å²) in [7, 11) is -3.82. The summed E-state index contributed by atoms with van der Waals surface area (Å²) in [5, 5.41) is 5.11. The third-order valence-corrected chi connectivity index (χ3v) is 10.9. The highest BCUT2D eigenvalue weighted by Crippen LogP contribution is 2.46. The average molecular weight is 614 g/mol. The first kappa shape index (κ1) is 29.5. The molecule has 0 aromatic heterocycles. The van der Waals surface area contributed by atoms with Gasteiger partial charge < -0.3 is 20.3 Å². The number of carbonyl (C=O) groups excluding carboxylic acids is 4. The lowest BCUT2D eigenvalue weighted by molar-refractivity contribution is -0.131. The molecule has 3 heterocycles. The van der Waals surface area contributed by atoms with Crippen molar-refractivity contribution in [3.63, 3.8) is 0 Å². The Morgan fingerprint density at radius 1 is 1.14 bits per heavy atom. The van der Waals surface area contributed by atoms with Gasteiger partial charge in [0.1, 0.15) is 17.7 Å². The van der Waals surface area contributed by atoms with Crippen molar-refractivity contribution in [2.75, 3.05) is 24.5 Å². The minimum absolute atomic E-state index is 0.0167. The lowest BCUT2D eigenvalue weighted by atomic mass is 10.1. The van der Waals surface area contributed by atoms with Gasteiger partial charge in [-0.2, -0.15) is 0 Å². The van der Waals surface area contributed by atoms with Crippen molar-refractivity contribution in [2.45, 2.75) is 87.6 Å². The van der Waals surface area contributed by atoms with Crippen molar-refractivity contribution in [3.8, 4) is 0 Å². The zero-order valence-electron chi connectivity index (χ0n) is 24.3. The number of allylic oxidation sites excluding steroid dienone is 1. The van der Waals surface area contributed by atoms with Gasteiger partial charge in [0.05, 0.1) is 17.5 Å². The first-order chi connectivity index (χ1) is 20.6. The SMILES string of the molecule is Cc1ccc2c(c1)CCN2C(=O)OC1CC2C(=O)NC3(C(=O)NS(=O)(=O)C4CC4)CC3/C=C/CCCCCNC(=O)N2C1. The van der Waals surface area contributed by atoms with Crippen molar-refractivity contribution in [1.82, 2.24) is 20.3 Å². The Labute approximate surface area is 251 Å². The molecule has 2 saturated carbocycles. The number of ether oxygens (including phenoxy) is 1. The molecule has 13 heteroatoms. The molecule has 3 fully saturated rings. The second-order valence-corrected chi connectivity index (χ2v) is 14.4. The number of nitrogens with one attached hydrogen (secondary N) is 3. The fourth-order valence-corrected chi connectivity index (χ4v) is 7.73. The van der Waals surface area contributed by atoms with E-state index in [1.54, 1.807) is 4.90 Å². The highest BCUT2D eigenvalue weighted by atomic mass is 32.2. The lowest BCUT2D eigenvalue weighted by Crippen LogP contribution is -2.57. The van der Waals surface area contributed by atoms with E-state index in [1.807, 2.05) is 37.3 Å². The summed E-state index contributed by atoms with van der Waals surface area (Å²) in [4.78, 5) is 56.6. The molecule has 5 aliphatic rings. The van der Waals surface area contributed by atoms with Crippen LogP contribution in [0.15, 0.2) is 30.4 Å². The maximum Gasteiger partial charge on any atom is 0.414 e. The molecule has 0 radical (unpaired) electrons. The molecule has 4 atom stereocenters. The number of nitrogens with zero attached hydrogens (tertiary/aromatic N) is 2. The van der Waals surface area contributed by atoms with Gasteiger partial charge in [-0.1, -0.05) is 36.3 Å². The number of rotatable bonds is 4. The summed E-state index contributed by atoms with van der Waals surface area (Å²) in [6, 6.07) is 4.43. The average Bonchev–Trinajstić information content (AvgIpc) is 3.85. The van der Waals surface area contributed by atoms with Crippen LogP contribution in [0.5, 0.6) is 0 Å². The fourth-order valence-electron chi connectivity index (χ4n) is 6.37. The number of carbonyl (C=O) groups is 4. The highest BCUT2D eigenvalue weighted by Gasteiger charge is 2.62. The van der Waals surface area contributed by atoms with Crippen LogP contribution in [0.1, 0.15) is 62.5 Å². The number of hydrogen-bond donors (Lipinski definition) is 3. The van der Waals surface area contributed by atoms with Gasteiger partial charge in [-0.25, -0.2) is 18.0 Å². The predicted octanol–water partition coefficient (Wildman–Crippen LogP) is 2.26. The number of urea groups is 1. The van der Waals surface area contributed by atoms with Gasteiger partial charge >= 0.3 is 12.1 Å². The quantitative estimate of drug-likeness (QED) is 0.440. The summed E-state index contributed by atoms with van der Waals surface area (Å²) >= 11 is 0. The molecule has 43 heavy (non-hydrogen) atoms. The molecule has 1 saturated heterocycles. The van der Waals surface area contributed by atoms with E-state index in [9.17, 15) is 27.6 Å². The first-order valence-electron chi connectivity index (χ1n) is 15.2. The summed E-state index contributed by atoms with van der Waals surface area (Å²) in [5.74, 6) is -1.71. The molecule has 4 unspecified atom stereocenters. The van der Waals surface area contributed by atoms with E-state index < -0.39 is 56.9 Å². The first-order valence-corrected chi connectivity index (χ1v) is 16.8. The topological polar surface area (TPSA) is 154 Å². The summed E-state index contributed by atoms with van der Waals surface area (Å²) < 4.78 is 33.2. The fraction of sp³-hybridized carbons (Fsp3) is 0.600. The Bertz CT molecular complexity index is 1460. The molecule has 5 amide bonds. The molecule has 2 aliphatic carbocycles. The molecule has 0 bridgehead atoms. The van der Waals surface area contributed by atoms with E-state index in [-0.39, 0.29) is 25.3 Å². The molecule has 1 aromatic rings. The van der Waals surface area contributed by atoms with Crippen molar-refractivity contribution in [3.05, 3.63) is 41.5 Å². The maximum atomic E-state index is 13.8. The van der Waals surface area contributed by atoms with E-state index in [4.69, 9.17) is 4.74 Å². The highest BCUT2D eigenvalue weighted by molar-refractivity contribution is 7.91. The Morgan fingerprint density at radius 3 is 2.74 bits per heavy atom. The van der Waals surface area contributed by atoms with Gasteiger partial charge in [0, 0.05) is 25.4 Å². The molecule has 3 N–H and O–H groups in total. The Hall–Kier alpha value is -3.61. The second-order valence-electron chi connectivity index (χ2n) is 12.4. The number of sulfonamides is 1. The van der Waals surface area contributed by atoms with Crippen LogP contribution in [0.25, 0.3) is 0 Å². The molecular weight excluding hydrogens is 574 g/mol. The number of hydrogen-bond acceptors (Lipinski definition) is 7. The van der Waals surface area contributed by atoms with E-state index in [0.29, 0.717) is 32.4 Å². The summed E-state index contributed by atoms with van der Waals surface area (Å²) in [6.45, 7) is 2.93. The van der Waals surface area contributed by atoms with Gasteiger partial charge in [0.15, 0.2) is 0 Å². The van der Waals surface area contributed by atoms with Crippen molar-refractivity contribution < 1.29 is 32.3 Å². The monoisotopic (exact) mass is 613 g/mol. The Morgan fingerprint density at radius 2 is 1.95 bits per heavy atom. The second kappa shape index (κ2) is 11.5. The molecule has 1 aromatic carbocycles. The number of anilines is 1. The van der Waals surface area contributed by atoms with E-state index >= 15 is 0 Å². The minimum atomic E-state index is -3.82. The maximum absolute atomic E-state index is 13.8. The molecule has 3 aliphatic heterocycles. The molecule has 0 spiro atoms. The van der Waals surface area contributed by atoms with E-state index in [2.05, 4.69) is 15.4 Å². The van der Waals surface area contributed by atoms with Gasteiger partial charge in [0.25, 0.3) is 5.91 Å². The number of fused-ring (bicyclic) bond motifs is 3. The number of aryl methyl sites for hydroxylation is 1. The predicted molar refractivity (Wildman–Crippen MR) is 158 cm³/mol. The van der Waals surface area contributed by atoms with Crippen LogP contribution < -0.4 is 20.3 Å². The number of amides is 5. The standard InChI is InChI=1S/C30H39N5O7S/c1-19-8-11-24-20(15-19)12-14-34(24)29(39)42-22-16-25-26(36)32-30(27(37)33-43(40,41)23-9-10-23)17-21(30)7-5-3-2-4-6-13-31-28(38)35(25)18-22/h5,7-8,11,15,21-23,25H,2-4,6,9-10,12-14,16-18H2,1H3,(H,31,38)(H,32,36)(H,33,37)/b7-5+. The molecule has 6 rings (SSSR count). The van der Waals surface area contributed by atoms with E-state index in [0.717, 1.165) is 42.5 Å². The zero-order valence-corrected chi connectivity index (χ0v) is 25.2. The molecular formula is C30H39N5O7S. The van der Waals surface area contributed by atoms with Crippen LogP contribution in [0, 0.1) is 12.8 Å². The van der Waals surface area contributed by atoms with Crippen LogP contribution in [0.2, 0.25) is 0 Å². The van der Waals surface area contributed by atoms with Crippen LogP contribution in [0.3, 0.4) is 0 Å². The van der Waals surface area contributed by atoms with Crippen LogP contribution in [0.4, 0.5) is 15.3 Å². The van der Waals surface area contributed by atoms with E-state index in [1.165, 1.54) is 4.90 Å². The largest absolute Gasteiger partial charge is 0.444 e. The van der Waals surface area contributed by atoms with Crippen LogP contribution >= 0.6 is 0 Å². The molecule has 232 valence electrons. The third-order valence-electron chi connectivity index (χ3n) is 9.10. The Balaban J connectivity index is 1.20. The van der Waals surface area contributed by atoms with Crippen molar-refractivity contribution in [2.24, 2.45) is 5.92 Å². The Kier molecular flexibility index (Phi) is 7.86. The summed E-state index contributed by atoms with van der Waals surface area (Å²) in [5.41, 5.74) is 1.54. The van der Waals surface area contributed by atoms with Gasteiger partial charge in [-0.05, 0) is 63.5 Å².